The molecule has 5 heteroatoms. The highest BCUT2D eigenvalue weighted by molar-refractivity contribution is 5.95. The highest BCUT2D eigenvalue weighted by Gasteiger charge is 2.26. The third-order valence-corrected chi connectivity index (χ3v) is 3.64. The second kappa shape index (κ2) is 6.05. The summed E-state index contributed by atoms with van der Waals surface area (Å²) in [5.74, 6) is -0.0102. The molecule has 1 fully saturated rings. The van der Waals surface area contributed by atoms with Gasteiger partial charge in [0.15, 0.2) is 0 Å². The summed E-state index contributed by atoms with van der Waals surface area (Å²) in [5.41, 5.74) is 7.31. The van der Waals surface area contributed by atoms with E-state index in [0.29, 0.717) is 26.2 Å². The Labute approximate surface area is 119 Å². The zero-order valence-corrected chi connectivity index (χ0v) is 12.0. The largest absolute Gasteiger partial charge is 0.338 e. The first-order valence-electron chi connectivity index (χ1n) is 6.90. The molecule has 1 atom stereocenters. The molecule has 0 saturated carbocycles. The first-order valence-corrected chi connectivity index (χ1v) is 6.90. The highest BCUT2D eigenvalue weighted by Crippen LogP contribution is 2.13. The molecule has 0 aliphatic carbocycles. The molecular weight excluding hydrogens is 254 g/mol. The van der Waals surface area contributed by atoms with Gasteiger partial charge in [-0.3, -0.25) is 9.59 Å². The molecule has 0 aromatic heterocycles. The van der Waals surface area contributed by atoms with Gasteiger partial charge < -0.3 is 15.5 Å². The van der Waals surface area contributed by atoms with Crippen molar-refractivity contribution in [2.45, 2.75) is 19.9 Å². The average Bonchev–Trinajstić information content (AvgIpc) is 2.46. The summed E-state index contributed by atoms with van der Waals surface area (Å²) in [6, 6.07) is 7.09. The smallest absolute Gasteiger partial charge is 0.254 e. The van der Waals surface area contributed by atoms with Gasteiger partial charge in [-0.05, 0) is 25.5 Å². The average molecular weight is 275 g/mol. The van der Waals surface area contributed by atoms with Gasteiger partial charge in [0.1, 0.15) is 0 Å². The normalized spacial score (nSPS) is 16.9. The van der Waals surface area contributed by atoms with Crippen LogP contribution in [0, 0.1) is 6.92 Å². The first-order chi connectivity index (χ1) is 9.50. The van der Waals surface area contributed by atoms with Crippen molar-refractivity contribution in [3.05, 3.63) is 35.4 Å². The number of nitrogens with two attached hydrogens (primary N) is 1. The lowest BCUT2D eigenvalue weighted by Crippen LogP contribution is -2.53. The van der Waals surface area contributed by atoms with E-state index in [9.17, 15) is 9.59 Å². The maximum absolute atomic E-state index is 12.4. The molecule has 108 valence electrons. The summed E-state index contributed by atoms with van der Waals surface area (Å²) in [5, 5.41) is 0. The molecule has 0 unspecified atom stereocenters. The summed E-state index contributed by atoms with van der Waals surface area (Å²) in [7, 11) is 0. The lowest BCUT2D eigenvalue weighted by molar-refractivity contribution is -0.133. The van der Waals surface area contributed by atoms with Gasteiger partial charge in [-0.25, -0.2) is 0 Å². The van der Waals surface area contributed by atoms with Crippen LogP contribution in [0.4, 0.5) is 0 Å². The van der Waals surface area contributed by atoms with E-state index in [1.807, 2.05) is 31.2 Å². The molecule has 2 amide bonds. The fourth-order valence-corrected chi connectivity index (χ4v) is 2.40. The molecule has 1 heterocycles. The molecule has 1 saturated heterocycles. The van der Waals surface area contributed by atoms with Crippen LogP contribution in [0.3, 0.4) is 0 Å². The summed E-state index contributed by atoms with van der Waals surface area (Å²) >= 11 is 0. The highest BCUT2D eigenvalue weighted by atomic mass is 16.2. The van der Waals surface area contributed by atoms with Crippen LogP contribution in [-0.4, -0.2) is 53.8 Å². The van der Waals surface area contributed by atoms with Crippen molar-refractivity contribution < 1.29 is 9.59 Å². The quantitative estimate of drug-likeness (QED) is 0.860. The van der Waals surface area contributed by atoms with Crippen molar-refractivity contribution in [3.8, 4) is 0 Å². The van der Waals surface area contributed by atoms with Crippen LogP contribution in [0.1, 0.15) is 22.8 Å². The Kier molecular flexibility index (Phi) is 4.39. The van der Waals surface area contributed by atoms with Crippen LogP contribution < -0.4 is 5.73 Å². The third-order valence-electron chi connectivity index (χ3n) is 3.64. The molecule has 20 heavy (non-hydrogen) atoms. The SMILES string of the molecule is Cc1ccccc1C(=O)N1CCN(C(=O)[C@H](C)N)CC1. The number of hydrogen-bond donors (Lipinski definition) is 1. The van der Waals surface area contributed by atoms with Gasteiger partial charge in [0.25, 0.3) is 5.91 Å². The van der Waals surface area contributed by atoms with Crippen molar-refractivity contribution in [3.63, 3.8) is 0 Å². The maximum Gasteiger partial charge on any atom is 0.254 e. The zero-order valence-electron chi connectivity index (χ0n) is 12.0. The molecule has 0 bridgehead atoms. The predicted molar refractivity (Wildman–Crippen MR) is 77.3 cm³/mol. The van der Waals surface area contributed by atoms with Crippen LogP contribution in [0.5, 0.6) is 0 Å². The van der Waals surface area contributed by atoms with Gasteiger partial charge in [0.2, 0.25) is 5.91 Å². The molecule has 0 radical (unpaired) electrons. The second-order valence-electron chi connectivity index (χ2n) is 5.22. The number of aryl methyl sites for hydroxylation is 1. The third kappa shape index (κ3) is 2.99. The van der Waals surface area contributed by atoms with E-state index in [-0.39, 0.29) is 11.8 Å². The van der Waals surface area contributed by atoms with E-state index in [4.69, 9.17) is 5.73 Å². The Hall–Kier alpha value is -1.88. The van der Waals surface area contributed by atoms with Crippen molar-refractivity contribution in [2.24, 2.45) is 5.73 Å². The molecule has 2 N–H and O–H groups in total. The fraction of sp³-hybridized carbons (Fsp3) is 0.467. The summed E-state index contributed by atoms with van der Waals surface area (Å²) in [6.07, 6.45) is 0. The molecule has 0 spiro atoms. The van der Waals surface area contributed by atoms with Gasteiger partial charge in [-0.1, -0.05) is 18.2 Å². The van der Waals surface area contributed by atoms with Crippen molar-refractivity contribution in [2.75, 3.05) is 26.2 Å². The molecular formula is C15H21N3O2. The summed E-state index contributed by atoms with van der Waals surface area (Å²) < 4.78 is 0. The minimum atomic E-state index is -0.478. The Morgan fingerprint density at radius 3 is 2.20 bits per heavy atom. The first kappa shape index (κ1) is 14.5. The molecule has 2 rings (SSSR count). The summed E-state index contributed by atoms with van der Waals surface area (Å²) in [6.45, 7) is 5.85. The van der Waals surface area contributed by atoms with E-state index < -0.39 is 6.04 Å². The maximum atomic E-state index is 12.4. The standard InChI is InChI=1S/C15H21N3O2/c1-11-5-3-4-6-13(11)15(20)18-9-7-17(8-10-18)14(19)12(2)16/h3-6,12H,7-10,16H2,1-2H3/t12-/m0/s1. The minimum Gasteiger partial charge on any atom is -0.338 e. The number of benzene rings is 1. The van der Waals surface area contributed by atoms with Crippen molar-refractivity contribution in [1.29, 1.82) is 0 Å². The predicted octanol–water partition coefficient (Wildman–Crippen LogP) is 0.627. The number of rotatable bonds is 2. The van der Waals surface area contributed by atoms with E-state index >= 15 is 0 Å². The number of amides is 2. The second-order valence-corrected chi connectivity index (χ2v) is 5.22. The van der Waals surface area contributed by atoms with E-state index in [2.05, 4.69) is 0 Å². The monoisotopic (exact) mass is 275 g/mol. The Morgan fingerprint density at radius 2 is 1.65 bits per heavy atom. The number of nitrogens with zero attached hydrogens (tertiary/aromatic N) is 2. The molecule has 5 nitrogen and oxygen atoms in total. The minimum absolute atomic E-state index is 0.0380. The van der Waals surface area contributed by atoms with Crippen LogP contribution in [0.2, 0.25) is 0 Å². The van der Waals surface area contributed by atoms with Gasteiger partial charge in [-0.2, -0.15) is 0 Å². The number of hydrogen-bond acceptors (Lipinski definition) is 3. The lowest BCUT2D eigenvalue weighted by Gasteiger charge is -2.35. The fourth-order valence-electron chi connectivity index (χ4n) is 2.40. The molecule has 1 aromatic rings. The van der Waals surface area contributed by atoms with Crippen LogP contribution in [-0.2, 0) is 4.79 Å². The van der Waals surface area contributed by atoms with Gasteiger partial charge in [-0.15, -0.1) is 0 Å². The number of carbonyl (C=O) groups excluding carboxylic acids is 2. The summed E-state index contributed by atoms with van der Waals surface area (Å²) in [4.78, 5) is 27.8. The molecule has 1 aliphatic rings. The Balaban J connectivity index is 1.99. The van der Waals surface area contributed by atoms with Gasteiger partial charge >= 0.3 is 0 Å². The number of piperazine rings is 1. The van der Waals surface area contributed by atoms with E-state index in [0.717, 1.165) is 11.1 Å². The van der Waals surface area contributed by atoms with Crippen molar-refractivity contribution in [1.82, 2.24) is 9.80 Å². The van der Waals surface area contributed by atoms with Crippen molar-refractivity contribution >= 4 is 11.8 Å². The van der Waals surface area contributed by atoms with Gasteiger partial charge in [0, 0.05) is 31.7 Å². The number of carbonyl (C=O) groups is 2. The van der Waals surface area contributed by atoms with Crippen LogP contribution in [0.15, 0.2) is 24.3 Å². The molecule has 1 aliphatic heterocycles. The van der Waals surface area contributed by atoms with E-state index in [1.54, 1.807) is 16.7 Å². The zero-order chi connectivity index (χ0) is 14.7. The van der Waals surface area contributed by atoms with Crippen LogP contribution >= 0.6 is 0 Å². The Morgan fingerprint density at radius 1 is 1.10 bits per heavy atom. The topological polar surface area (TPSA) is 66.6 Å². The Bertz CT molecular complexity index is 506. The molecule has 1 aromatic carbocycles. The lowest BCUT2D eigenvalue weighted by atomic mass is 10.1. The van der Waals surface area contributed by atoms with Crippen LogP contribution in [0.25, 0.3) is 0 Å². The van der Waals surface area contributed by atoms with Gasteiger partial charge in [0.05, 0.1) is 6.04 Å². The van der Waals surface area contributed by atoms with E-state index in [1.165, 1.54) is 0 Å².